The molecule has 2 aromatic rings. The standard InChI is InChI=1S/C17H20N2O3S/c1-4-11-7-6-8-12(5-2)15(11)19-13(20)9-14-18-10(3)16(23-14)17(21)22/h6-8H,4-5,9H2,1-3H3,(H,19,20)(H,21,22). The average Bonchev–Trinajstić information content (AvgIpc) is 2.88. The molecule has 2 rings (SSSR count). The highest BCUT2D eigenvalue weighted by atomic mass is 32.1. The van der Waals surface area contributed by atoms with Crippen molar-refractivity contribution in [3.63, 3.8) is 0 Å². The molecule has 0 saturated carbocycles. The molecule has 1 aromatic carbocycles. The summed E-state index contributed by atoms with van der Waals surface area (Å²) in [6.45, 7) is 5.74. The number of anilines is 1. The number of aromatic carboxylic acids is 1. The second-order valence-electron chi connectivity index (χ2n) is 5.21. The number of para-hydroxylation sites is 1. The van der Waals surface area contributed by atoms with Crippen LogP contribution in [0.15, 0.2) is 18.2 Å². The number of carboxylic acid groups (broad SMARTS) is 1. The lowest BCUT2D eigenvalue weighted by Gasteiger charge is -2.14. The van der Waals surface area contributed by atoms with Crippen LogP contribution in [-0.4, -0.2) is 22.0 Å². The van der Waals surface area contributed by atoms with E-state index < -0.39 is 5.97 Å². The topological polar surface area (TPSA) is 79.3 Å². The molecular formula is C17H20N2O3S. The lowest BCUT2D eigenvalue weighted by atomic mass is 10.0. The van der Waals surface area contributed by atoms with Crippen molar-refractivity contribution in [3.05, 3.63) is 44.9 Å². The molecule has 23 heavy (non-hydrogen) atoms. The van der Waals surface area contributed by atoms with Gasteiger partial charge in [-0.05, 0) is 30.9 Å². The zero-order valence-corrected chi connectivity index (χ0v) is 14.3. The van der Waals surface area contributed by atoms with Gasteiger partial charge in [-0.3, -0.25) is 4.79 Å². The maximum Gasteiger partial charge on any atom is 0.347 e. The number of thiazole rings is 1. The summed E-state index contributed by atoms with van der Waals surface area (Å²) in [6.07, 6.45) is 1.76. The zero-order chi connectivity index (χ0) is 17.0. The molecule has 0 saturated heterocycles. The Balaban J connectivity index is 2.17. The van der Waals surface area contributed by atoms with Gasteiger partial charge in [0.05, 0.1) is 12.1 Å². The number of hydrogen-bond donors (Lipinski definition) is 2. The van der Waals surface area contributed by atoms with E-state index in [1.54, 1.807) is 6.92 Å². The van der Waals surface area contributed by atoms with Gasteiger partial charge in [0.2, 0.25) is 5.91 Å². The smallest absolute Gasteiger partial charge is 0.347 e. The predicted molar refractivity (Wildman–Crippen MR) is 91.3 cm³/mol. The molecule has 5 nitrogen and oxygen atoms in total. The number of amides is 1. The molecule has 0 aliphatic carbocycles. The highest BCUT2D eigenvalue weighted by molar-refractivity contribution is 7.13. The Hall–Kier alpha value is -2.21. The first-order valence-corrected chi connectivity index (χ1v) is 8.38. The molecule has 0 spiro atoms. The fourth-order valence-electron chi connectivity index (χ4n) is 2.45. The molecular weight excluding hydrogens is 312 g/mol. The first-order valence-electron chi connectivity index (χ1n) is 7.56. The van der Waals surface area contributed by atoms with Crippen molar-refractivity contribution in [2.45, 2.75) is 40.0 Å². The van der Waals surface area contributed by atoms with E-state index in [1.807, 2.05) is 32.0 Å². The number of rotatable bonds is 6. The minimum absolute atomic E-state index is 0.0833. The Morgan fingerprint density at radius 3 is 2.30 bits per heavy atom. The Morgan fingerprint density at radius 1 is 1.22 bits per heavy atom. The van der Waals surface area contributed by atoms with Crippen LogP contribution in [0, 0.1) is 6.92 Å². The molecule has 6 heteroatoms. The Labute approximate surface area is 139 Å². The molecule has 0 aliphatic rings. The lowest BCUT2D eigenvalue weighted by Crippen LogP contribution is -2.16. The van der Waals surface area contributed by atoms with E-state index in [0.717, 1.165) is 41.0 Å². The number of nitrogens with one attached hydrogen (secondary N) is 1. The quantitative estimate of drug-likeness (QED) is 0.849. The highest BCUT2D eigenvalue weighted by Crippen LogP contribution is 2.24. The van der Waals surface area contributed by atoms with Crippen molar-refractivity contribution in [2.24, 2.45) is 0 Å². The van der Waals surface area contributed by atoms with Gasteiger partial charge in [-0.2, -0.15) is 0 Å². The maximum atomic E-state index is 12.3. The normalized spacial score (nSPS) is 10.6. The van der Waals surface area contributed by atoms with Crippen LogP contribution >= 0.6 is 11.3 Å². The SMILES string of the molecule is CCc1cccc(CC)c1NC(=O)Cc1nc(C)c(C(=O)O)s1. The molecule has 0 bridgehead atoms. The number of carbonyl (C=O) groups is 2. The van der Waals surface area contributed by atoms with Crippen molar-refractivity contribution < 1.29 is 14.7 Å². The van der Waals surface area contributed by atoms with Crippen LogP contribution in [0.25, 0.3) is 0 Å². The Kier molecular flexibility index (Phi) is 5.50. The number of carboxylic acids is 1. The van der Waals surface area contributed by atoms with E-state index in [9.17, 15) is 9.59 Å². The predicted octanol–water partition coefficient (Wildman–Crippen LogP) is 3.46. The van der Waals surface area contributed by atoms with Crippen molar-refractivity contribution in [2.75, 3.05) is 5.32 Å². The van der Waals surface area contributed by atoms with E-state index in [4.69, 9.17) is 5.11 Å². The number of hydrogen-bond acceptors (Lipinski definition) is 4. The Bertz CT molecular complexity index is 715. The van der Waals surface area contributed by atoms with Crippen LogP contribution in [0.5, 0.6) is 0 Å². The number of benzene rings is 1. The minimum atomic E-state index is -1.00. The third-order valence-corrected chi connectivity index (χ3v) is 4.76. The molecule has 0 fully saturated rings. The third kappa shape index (κ3) is 3.96. The zero-order valence-electron chi connectivity index (χ0n) is 13.5. The largest absolute Gasteiger partial charge is 0.477 e. The second-order valence-corrected chi connectivity index (χ2v) is 6.29. The van der Waals surface area contributed by atoms with Gasteiger partial charge in [0.1, 0.15) is 9.88 Å². The van der Waals surface area contributed by atoms with Gasteiger partial charge >= 0.3 is 5.97 Å². The van der Waals surface area contributed by atoms with Crippen molar-refractivity contribution >= 4 is 28.9 Å². The summed E-state index contributed by atoms with van der Waals surface area (Å²) in [6, 6.07) is 6.01. The van der Waals surface area contributed by atoms with Gasteiger partial charge in [-0.1, -0.05) is 32.0 Å². The first kappa shape index (κ1) is 17.1. The van der Waals surface area contributed by atoms with Crippen LogP contribution in [0.4, 0.5) is 5.69 Å². The Morgan fingerprint density at radius 2 is 1.83 bits per heavy atom. The van der Waals surface area contributed by atoms with Gasteiger partial charge < -0.3 is 10.4 Å². The van der Waals surface area contributed by atoms with E-state index >= 15 is 0 Å². The molecule has 2 N–H and O–H groups in total. The van der Waals surface area contributed by atoms with Crippen molar-refractivity contribution in [1.29, 1.82) is 0 Å². The molecule has 0 unspecified atom stereocenters. The number of nitrogens with zero attached hydrogens (tertiary/aromatic N) is 1. The van der Waals surface area contributed by atoms with E-state index in [1.165, 1.54) is 0 Å². The summed E-state index contributed by atoms with van der Waals surface area (Å²) in [7, 11) is 0. The fraction of sp³-hybridized carbons (Fsp3) is 0.353. The molecule has 1 aromatic heterocycles. The van der Waals surface area contributed by atoms with E-state index in [-0.39, 0.29) is 17.2 Å². The third-order valence-electron chi connectivity index (χ3n) is 3.61. The van der Waals surface area contributed by atoms with Gasteiger partial charge in [-0.15, -0.1) is 11.3 Å². The van der Waals surface area contributed by atoms with E-state index in [0.29, 0.717) is 10.7 Å². The van der Waals surface area contributed by atoms with E-state index in [2.05, 4.69) is 10.3 Å². The lowest BCUT2D eigenvalue weighted by molar-refractivity contribution is -0.115. The second kappa shape index (κ2) is 7.37. The van der Waals surface area contributed by atoms with Crippen LogP contribution in [0.3, 0.4) is 0 Å². The summed E-state index contributed by atoms with van der Waals surface area (Å²) in [5.74, 6) is -1.18. The van der Waals surface area contributed by atoms with Crippen molar-refractivity contribution in [3.8, 4) is 0 Å². The van der Waals surface area contributed by atoms with Crippen molar-refractivity contribution in [1.82, 2.24) is 4.98 Å². The van der Waals surface area contributed by atoms with Crippen LogP contribution in [-0.2, 0) is 24.1 Å². The molecule has 0 aliphatic heterocycles. The summed E-state index contributed by atoms with van der Waals surface area (Å²) in [5.41, 5.74) is 3.52. The van der Waals surface area contributed by atoms with Gasteiger partial charge in [0, 0.05) is 5.69 Å². The summed E-state index contributed by atoms with van der Waals surface area (Å²) in [4.78, 5) is 27.7. The monoisotopic (exact) mass is 332 g/mol. The molecule has 1 amide bonds. The van der Waals surface area contributed by atoms with Gasteiger partial charge in [0.15, 0.2) is 0 Å². The summed E-state index contributed by atoms with van der Waals surface area (Å²) in [5, 5.41) is 12.5. The highest BCUT2D eigenvalue weighted by Gasteiger charge is 2.17. The first-order chi connectivity index (χ1) is 11.0. The molecule has 0 atom stereocenters. The number of aryl methyl sites for hydroxylation is 3. The molecule has 1 heterocycles. The number of carbonyl (C=O) groups excluding carboxylic acids is 1. The average molecular weight is 332 g/mol. The summed E-state index contributed by atoms with van der Waals surface area (Å²) >= 11 is 1.05. The van der Waals surface area contributed by atoms with Gasteiger partial charge in [-0.25, -0.2) is 9.78 Å². The summed E-state index contributed by atoms with van der Waals surface area (Å²) < 4.78 is 0. The molecule has 0 radical (unpaired) electrons. The van der Waals surface area contributed by atoms with Crippen LogP contribution in [0.2, 0.25) is 0 Å². The fourth-order valence-corrected chi connectivity index (χ4v) is 3.35. The maximum absolute atomic E-state index is 12.3. The van der Waals surface area contributed by atoms with Crippen LogP contribution < -0.4 is 5.32 Å². The number of aromatic nitrogens is 1. The van der Waals surface area contributed by atoms with Gasteiger partial charge in [0.25, 0.3) is 0 Å². The molecule has 122 valence electrons. The van der Waals surface area contributed by atoms with Crippen LogP contribution in [0.1, 0.15) is 45.3 Å². The minimum Gasteiger partial charge on any atom is -0.477 e.